The Morgan fingerprint density at radius 3 is 2.20 bits per heavy atom. The van der Waals surface area contributed by atoms with E-state index in [9.17, 15) is 4.79 Å². The summed E-state index contributed by atoms with van der Waals surface area (Å²) in [5.74, 6) is 0.0376. The molecule has 1 N–H and O–H groups in total. The number of hydrogen-bond donors (Lipinski definition) is 1. The maximum atomic E-state index is 13.8. The van der Waals surface area contributed by atoms with Gasteiger partial charge in [0.1, 0.15) is 0 Å². The second kappa shape index (κ2) is 7.98. The number of anilines is 2. The summed E-state index contributed by atoms with van der Waals surface area (Å²) >= 11 is 0. The molecule has 3 aromatic carbocycles. The van der Waals surface area contributed by atoms with Crippen molar-refractivity contribution in [1.29, 1.82) is 0 Å². The molecule has 3 aromatic rings. The predicted molar refractivity (Wildman–Crippen MR) is 125 cm³/mol. The van der Waals surface area contributed by atoms with E-state index in [0.29, 0.717) is 0 Å². The second-order valence-corrected chi connectivity index (χ2v) is 9.22. The molecule has 0 bridgehead atoms. The molecule has 1 heterocycles. The van der Waals surface area contributed by atoms with E-state index in [4.69, 9.17) is 0 Å². The van der Waals surface area contributed by atoms with E-state index in [0.717, 1.165) is 23.4 Å². The van der Waals surface area contributed by atoms with Crippen molar-refractivity contribution in [3.05, 3.63) is 95.6 Å². The van der Waals surface area contributed by atoms with Crippen molar-refractivity contribution in [2.45, 2.75) is 51.6 Å². The summed E-state index contributed by atoms with van der Waals surface area (Å²) < 4.78 is 0. The van der Waals surface area contributed by atoms with Crippen molar-refractivity contribution in [2.75, 3.05) is 10.2 Å². The van der Waals surface area contributed by atoms with E-state index in [1.54, 1.807) is 0 Å². The first-order chi connectivity index (χ1) is 14.3. The molecule has 3 heteroatoms. The predicted octanol–water partition coefficient (Wildman–Crippen LogP) is 6.58. The molecule has 1 aliphatic rings. The fourth-order valence-electron chi connectivity index (χ4n) is 4.23. The van der Waals surface area contributed by atoms with Crippen LogP contribution >= 0.6 is 0 Å². The lowest BCUT2D eigenvalue weighted by atomic mass is 9.86. The van der Waals surface area contributed by atoms with Crippen molar-refractivity contribution < 1.29 is 4.79 Å². The van der Waals surface area contributed by atoms with Gasteiger partial charge in [0, 0.05) is 23.0 Å². The minimum atomic E-state index is -0.0188. The first kappa shape index (κ1) is 20.2. The fourth-order valence-corrected chi connectivity index (χ4v) is 4.23. The van der Waals surface area contributed by atoms with Gasteiger partial charge < -0.3 is 10.2 Å². The van der Waals surface area contributed by atoms with Crippen LogP contribution in [0.15, 0.2) is 78.9 Å². The van der Waals surface area contributed by atoms with Gasteiger partial charge in [-0.3, -0.25) is 4.79 Å². The van der Waals surface area contributed by atoms with Crippen LogP contribution in [0, 0.1) is 0 Å². The minimum absolute atomic E-state index is 0.0188. The number of fused-ring (bicyclic) bond motifs is 1. The Morgan fingerprint density at radius 1 is 0.900 bits per heavy atom. The SMILES string of the molecule is C[C@H]1C[C@@H](N(C(=O)c2ccc(C(C)(C)C)cc2)c2ccccc2)c2ccccc2N1. The minimum Gasteiger partial charge on any atom is -0.382 e. The van der Waals surface area contributed by atoms with Gasteiger partial charge >= 0.3 is 0 Å². The van der Waals surface area contributed by atoms with Gasteiger partial charge in [0.15, 0.2) is 0 Å². The maximum Gasteiger partial charge on any atom is 0.258 e. The molecular formula is C27H30N2O. The monoisotopic (exact) mass is 398 g/mol. The summed E-state index contributed by atoms with van der Waals surface area (Å²) in [6.07, 6.45) is 0.859. The van der Waals surface area contributed by atoms with E-state index in [1.165, 1.54) is 11.1 Å². The number of para-hydroxylation sites is 2. The molecule has 3 nitrogen and oxygen atoms in total. The first-order valence-electron chi connectivity index (χ1n) is 10.7. The Labute approximate surface area is 179 Å². The molecule has 0 saturated carbocycles. The van der Waals surface area contributed by atoms with Crippen LogP contribution in [0.3, 0.4) is 0 Å². The third-order valence-electron chi connectivity index (χ3n) is 5.86. The highest BCUT2D eigenvalue weighted by Gasteiger charge is 2.33. The molecule has 1 amide bonds. The van der Waals surface area contributed by atoms with Crippen LogP contribution in [0.25, 0.3) is 0 Å². The van der Waals surface area contributed by atoms with E-state index in [2.05, 4.69) is 63.3 Å². The van der Waals surface area contributed by atoms with Crippen LogP contribution in [-0.2, 0) is 5.41 Å². The second-order valence-electron chi connectivity index (χ2n) is 9.22. The van der Waals surface area contributed by atoms with Crippen molar-refractivity contribution in [3.63, 3.8) is 0 Å². The van der Waals surface area contributed by atoms with Crippen LogP contribution in [0.4, 0.5) is 11.4 Å². The largest absolute Gasteiger partial charge is 0.382 e. The van der Waals surface area contributed by atoms with E-state index >= 15 is 0 Å². The first-order valence-corrected chi connectivity index (χ1v) is 10.7. The number of hydrogen-bond acceptors (Lipinski definition) is 2. The normalized spacial score (nSPS) is 18.3. The van der Waals surface area contributed by atoms with Crippen LogP contribution in [0.5, 0.6) is 0 Å². The lowest BCUT2D eigenvalue weighted by Gasteiger charge is -2.39. The fraction of sp³-hybridized carbons (Fsp3) is 0.296. The average molecular weight is 399 g/mol. The van der Waals surface area contributed by atoms with Crippen LogP contribution in [-0.4, -0.2) is 11.9 Å². The lowest BCUT2D eigenvalue weighted by Crippen LogP contribution is -2.40. The van der Waals surface area contributed by atoms with E-state index in [-0.39, 0.29) is 23.4 Å². The van der Waals surface area contributed by atoms with Gasteiger partial charge in [-0.1, -0.05) is 69.3 Å². The number of nitrogens with zero attached hydrogens (tertiary/aromatic N) is 1. The Kier molecular flexibility index (Phi) is 5.38. The highest BCUT2D eigenvalue weighted by Crippen LogP contribution is 2.39. The Morgan fingerprint density at radius 2 is 1.53 bits per heavy atom. The molecular weight excluding hydrogens is 368 g/mol. The number of carbonyl (C=O) groups is 1. The summed E-state index contributed by atoms with van der Waals surface area (Å²) in [5, 5.41) is 3.56. The van der Waals surface area contributed by atoms with Gasteiger partial charge in [0.05, 0.1) is 6.04 Å². The van der Waals surface area contributed by atoms with Gasteiger partial charge in [-0.2, -0.15) is 0 Å². The zero-order valence-electron chi connectivity index (χ0n) is 18.2. The standard InChI is InChI=1S/C27H30N2O/c1-19-18-25(23-12-8-9-13-24(23)28-19)29(22-10-6-5-7-11-22)26(30)20-14-16-21(17-15-20)27(2,3)4/h5-17,19,25,28H,18H2,1-4H3/t19-,25+/m0/s1. The number of nitrogens with one attached hydrogen (secondary N) is 1. The summed E-state index contributed by atoms with van der Waals surface area (Å²) in [6, 6.07) is 26.7. The van der Waals surface area contributed by atoms with Gasteiger partial charge in [0.2, 0.25) is 0 Å². The summed E-state index contributed by atoms with van der Waals surface area (Å²) in [4.78, 5) is 15.8. The van der Waals surface area contributed by atoms with Crippen molar-refractivity contribution >= 4 is 17.3 Å². The molecule has 2 atom stereocenters. The van der Waals surface area contributed by atoms with Crippen LogP contribution in [0.1, 0.15) is 61.6 Å². The number of benzene rings is 3. The summed E-state index contributed by atoms with van der Waals surface area (Å²) in [6.45, 7) is 8.74. The van der Waals surface area contributed by atoms with Gasteiger partial charge in [0.25, 0.3) is 5.91 Å². The highest BCUT2D eigenvalue weighted by molar-refractivity contribution is 6.06. The lowest BCUT2D eigenvalue weighted by molar-refractivity contribution is 0.0974. The van der Waals surface area contributed by atoms with Gasteiger partial charge in [-0.25, -0.2) is 0 Å². The Hall–Kier alpha value is -3.07. The van der Waals surface area contributed by atoms with E-state index in [1.807, 2.05) is 53.4 Å². The molecule has 0 unspecified atom stereocenters. The molecule has 0 radical (unpaired) electrons. The van der Waals surface area contributed by atoms with Gasteiger partial charge in [-0.15, -0.1) is 0 Å². The number of rotatable bonds is 3. The number of carbonyl (C=O) groups excluding carboxylic acids is 1. The quantitative estimate of drug-likeness (QED) is 0.541. The Balaban J connectivity index is 1.78. The van der Waals surface area contributed by atoms with Gasteiger partial charge in [-0.05, 0) is 60.2 Å². The smallest absolute Gasteiger partial charge is 0.258 e. The zero-order valence-corrected chi connectivity index (χ0v) is 18.2. The molecule has 4 rings (SSSR count). The third-order valence-corrected chi connectivity index (χ3v) is 5.86. The van der Waals surface area contributed by atoms with Crippen molar-refractivity contribution in [3.8, 4) is 0 Å². The highest BCUT2D eigenvalue weighted by atomic mass is 16.2. The topological polar surface area (TPSA) is 32.3 Å². The molecule has 0 aliphatic carbocycles. The Bertz CT molecular complexity index is 1020. The molecule has 154 valence electrons. The van der Waals surface area contributed by atoms with Crippen LogP contribution in [0.2, 0.25) is 0 Å². The molecule has 1 aliphatic heterocycles. The molecule has 0 saturated heterocycles. The third kappa shape index (κ3) is 3.97. The summed E-state index contributed by atoms with van der Waals surface area (Å²) in [7, 11) is 0. The maximum absolute atomic E-state index is 13.8. The molecule has 0 spiro atoms. The van der Waals surface area contributed by atoms with E-state index < -0.39 is 0 Å². The van der Waals surface area contributed by atoms with Crippen molar-refractivity contribution in [1.82, 2.24) is 0 Å². The van der Waals surface area contributed by atoms with Crippen LogP contribution < -0.4 is 10.2 Å². The summed E-state index contributed by atoms with van der Waals surface area (Å²) in [5.41, 5.74) is 5.21. The number of amides is 1. The average Bonchev–Trinajstić information content (AvgIpc) is 2.74. The molecule has 0 fully saturated rings. The zero-order chi connectivity index (χ0) is 21.3. The van der Waals surface area contributed by atoms with Crippen molar-refractivity contribution in [2.24, 2.45) is 0 Å². The molecule has 0 aromatic heterocycles. The molecule has 30 heavy (non-hydrogen) atoms.